The molecule has 9 atom stereocenters. The van der Waals surface area contributed by atoms with Crippen molar-refractivity contribution in [3.63, 3.8) is 0 Å². The molecule has 0 aromatic rings. The second-order valence-electron chi connectivity index (χ2n) is 12.3. The molecule has 0 bridgehead atoms. The van der Waals surface area contributed by atoms with Crippen LogP contribution in [0, 0.1) is 52.3 Å². The van der Waals surface area contributed by atoms with Crippen molar-refractivity contribution in [2.75, 3.05) is 6.61 Å². The lowest BCUT2D eigenvalue weighted by Gasteiger charge is -2.60. The molecule has 0 spiro atoms. The minimum absolute atomic E-state index is 0.339. The summed E-state index contributed by atoms with van der Waals surface area (Å²) in [4.78, 5) is 12.1. The summed E-state index contributed by atoms with van der Waals surface area (Å²) < 4.78 is 0. The van der Waals surface area contributed by atoms with Crippen molar-refractivity contribution < 1.29 is 9.90 Å². The molecular formula is C27H46O2. The fourth-order valence-electron chi connectivity index (χ4n) is 9.10. The van der Waals surface area contributed by atoms with Gasteiger partial charge in [0, 0.05) is 19.4 Å². The molecule has 0 saturated heterocycles. The second-order valence-corrected chi connectivity index (χ2v) is 12.3. The van der Waals surface area contributed by atoms with Crippen molar-refractivity contribution in [2.45, 2.75) is 105 Å². The summed E-state index contributed by atoms with van der Waals surface area (Å²) >= 11 is 0. The number of fused-ring (bicyclic) bond motifs is 5. The number of Topliss-reactive ketones (excluding diaryl/α,β-unsaturated/α-hetero) is 1. The molecule has 0 heterocycles. The van der Waals surface area contributed by atoms with Crippen molar-refractivity contribution in [1.82, 2.24) is 0 Å². The molecular weight excluding hydrogens is 356 g/mol. The first-order valence-corrected chi connectivity index (χ1v) is 12.9. The highest BCUT2D eigenvalue weighted by atomic mass is 16.3. The van der Waals surface area contributed by atoms with E-state index in [0.717, 1.165) is 42.4 Å². The van der Waals surface area contributed by atoms with Gasteiger partial charge >= 0.3 is 0 Å². The fourth-order valence-corrected chi connectivity index (χ4v) is 9.10. The molecule has 166 valence electrons. The van der Waals surface area contributed by atoms with E-state index in [1.54, 1.807) is 0 Å². The molecule has 2 heteroatoms. The van der Waals surface area contributed by atoms with E-state index in [0.29, 0.717) is 35.1 Å². The summed E-state index contributed by atoms with van der Waals surface area (Å²) in [6.07, 6.45) is 15.2. The number of carbonyl (C=O) groups excluding carboxylic acids is 1. The number of ketones is 1. The molecule has 29 heavy (non-hydrogen) atoms. The minimum Gasteiger partial charge on any atom is -0.396 e. The summed E-state index contributed by atoms with van der Waals surface area (Å²) in [5, 5.41) is 9.32. The molecule has 0 aromatic carbocycles. The van der Waals surface area contributed by atoms with Gasteiger partial charge in [0.25, 0.3) is 0 Å². The first-order chi connectivity index (χ1) is 13.8. The zero-order valence-corrected chi connectivity index (χ0v) is 19.6. The monoisotopic (exact) mass is 402 g/mol. The summed E-state index contributed by atoms with van der Waals surface area (Å²) in [7, 11) is 0. The van der Waals surface area contributed by atoms with Gasteiger partial charge in [0.05, 0.1) is 0 Å². The molecule has 4 aliphatic carbocycles. The van der Waals surface area contributed by atoms with E-state index in [4.69, 9.17) is 0 Å². The van der Waals surface area contributed by atoms with Gasteiger partial charge in [0.2, 0.25) is 0 Å². The van der Waals surface area contributed by atoms with E-state index in [2.05, 4.69) is 27.7 Å². The Kier molecular flexibility index (Phi) is 6.24. The SMILES string of the molecule is CC(CO)CCCC(C)C1CCC2C3CCC4CC(=O)CCC4(C)C3CCC12C. The van der Waals surface area contributed by atoms with E-state index in [-0.39, 0.29) is 0 Å². The molecule has 4 saturated carbocycles. The van der Waals surface area contributed by atoms with Crippen molar-refractivity contribution in [1.29, 1.82) is 0 Å². The molecule has 4 fully saturated rings. The second kappa shape index (κ2) is 8.29. The molecule has 0 radical (unpaired) electrons. The number of rotatable bonds is 6. The van der Waals surface area contributed by atoms with Gasteiger partial charge in [-0.15, -0.1) is 0 Å². The quantitative estimate of drug-likeness (QED) is 0.540. The van der Waals surface area contributed by atoms with Gasteiger partial charge in [-0.3, -0.25) is 4.79 Å². The maximum atomic E-state index is 12.1. The minimum atomic E-state index is 0.339. The molecule has 0 amide bonds. The van der Waals surface area contributed by atoms with Gasteiger partial charge in [-0.2, -0.15) is 0 Å². The average Bonchev–Trinajstić information content (AvgIpc) is 3.05. The van der Waals surface area contributed by atoms with Gasteiger partial charge in [-0.1, -0.05) is 40.5 Å². The molecule has 4 rings (SSSR count). The molecule has 4 aliphatic rings. The van der Waals surface area contributed by atoms with Crippen LogP contribution in [-0.4, -0.2) is 17.5 Å². The third kappa shape index (κ3) is 3.74. The van der Waals surface area contributed by atoms with E-state index < -0.39 is 0 Å². The number of hydrogen-bond acceptors (Lipinski definition) is 2. The molecule has 9 unspecified atom stereocenters. The Morgan fingerprint density at radius 3 is 2.48 bits per heavy atom. The number of aliphatic hydroxyl groups is 1. The van der Waals surface area contributed by atoms with Crippen LogP contribution in [0.5, 0.6) is 0 Å². The Bertz CT molecular complexity index is 599. The van der Waals surface area contributed by atoms with Crippen LogP contribution in [0.4, 0.5) is 0 Å². The summed E-state index contributed by atoms with van der Waals surface area (Å²) in [6, 6.07) is 0. The summed E-state index contributed by atoms with van der Waals surface area (Å²) in [5.74, 6) is 6.14. The average molecular weight is 403 g/mol. The van der Waals surface area contributed by atoms with Crippen LogP contribution in [0.3, 0.4) is 0 Å². The highest BCUT2D eigenvalue weighted by molar-refractivity contribution is 5.79. The molecule has 0 aliphatic heterocycles. The Labute approximate surface area is 179 Å². The summed E-state index contributed by atoms with van der Waals surface area (Å²) in [5.41, 5.74) is 0.999. The topological polar surface area (TPSA) is 37.3 Å². The van der Waals surface area contributed by atoms with Gasteiger partial charge in [0.1, 0.15) is 5.78 Å². The lowest BCUT2D eigenvalue weighted by Crippen LogP contribution is -2.53. The Morgan fingerprint density at radius 1 is 0.966 bits per heavy atom. The fraction of sp³-hybridized carbons (Fsp3) is 0.963. The van der Waals surface area contributed by atoms with Crippen LogP contribution in [0.2, 0.25) is 0 Å². The predicted molar refractivity (Wildman–Crippen MR) is 119 cm³/mol. The van der Waals surface area contributed by atoms with Crippen LogP contribution >= 0.6 is 0 Å². The van der Waals surface area contributed by atoms with Crippen molar-refractivity contribution >= 4 is 5.78 Å². The van der Waals surface area contributed by atoms with Crippen LogP contribution < -0.4 is 0 Å². The first-order valence-electron chi connectivity index (χ1n) is 12.9. The van der Waals surface area contributed by atoms with Gasteiger partial charge in [-0.05, 0) is 104 Å². The third-order valence-corrected chi connectivity index (χ3v) is 10.9. The largest absolute Gasteiger partial charge is 0.396 e. The van der Waals surface area contributed by atoms with E-state index in [1.165, 1.54) is 64.2 Å². The predicted octanol–water partition coefficient (Wildman–Crippen LogP) is 6.65. The van der Waals surface area contributed by atoms with Crippen LogP contribution in [0.25, 0.3) is 0 Å². The highest BCUT2D eigenvalue weighted by Crippen LogP contribution is 2.68. The van der Waals surface area contributed by atoms with Gasteiger partial charge in [-0.25, -0.2) is 0 Å². The van der Waals surface area contributed by atoms with Crippen LogP contribution in [0.1, 0.15) is 105 Å². The lowest BCUT2D eigenvalue weighted by molar-refractivity contribution is -0.140. The maximum Gasteiger partial charge on any atom is 0.133 e. The first kappa shape index (κ1) is 21.8. The number of aliphatic hydroxyl groups excluding tert-OH is 1. The molecule has 2 nitrogen and oxygen atoms in total. The Hall–Kier alpha value is -0.370. The zero-order chi connectivity index (χ0) is 20.8. The van der Waals surface area contributed by atoms with Crippen LogP contribution in [0.15, 0.2) is 0 Å². The Morgan fingerprint density at radius 2 is 1.72 bits per heavy atom. The lowest BCUT2D eigenvalue weighted by atomic mass is 9.44. The smallest absolute Gasteiger partial charge is 0.133 e. The molecule has 0 aromatic heterocycles. The van der Waals surface area contributed by atoms with Gasteiger partial charge < -0.3 is 5.11 Å². The van der Waals surface area contributed by atoms with Gasteiger partial charge in [0.15, 0.2) is 0 Å². The van der Waals surface area contributed by atoms with Crippen molar-refractivity contribution in [2.24, 2.45) is 52.3 Å². The molecule has 1 N–H and O–H groups in total. The summed E-state index contributed by atoms with van der Waals surface area (Å²) in [6.45, 7) is 10.3. The Balaban J connectivity index is 1.44. The number of hydrogen-bond donors (Lipinski definition) is 1. The van der Waals surface area contributed by atoms with E-state index in [9.17, 15) is 9.90 Å². The third-order valence-electron chi connectivity index (χ3n) is 10.9. The van der Waals surface area contributed by atoms with Crippen LogP contribution in [-0.2, 0) is 4.79 Å². The van der Waals surface area contributed by atoms with E-state index >= 15 is 0 Å². The standard InChI is InChI=1S/C27H46O2/c1-18(17-28)6-5-7-19(2)23-10-11-24-22-9-8-20-16-21(29)12-14-26(20,3)25(22)13-15-27(23,24)4/h18-20,22-25,28H,5-17H2,1-4H3. The van der Waals surface area contributed by atoms with Crippen molar-refractivity contribution in [3.05, 3.63) is 0 Å². The number of carbonyl (C=O) groups is 1. The zero-order valence-electron chi connectivity index (χ0n) is 19.6. The normalized spacial score (nSPS) is 46.5. The van der Waals surface area contributed by atoms with E-state index in [1.807, 2.05) is 0 Å². The maximum absolute atomic E-state index is 12.1. The van der Waals surface area contributed by atoms with Crippen molar-refractivity contribution in [3.8, 4) is 0 Å². The highest BCUT2D eigenvalue weighted by Gasteiger charge is 2.60.